The van der Waals surface area contributed by atoms with Crippen LogP contribution >= 0.6 is 11.8 Å². The highest BCUT2D eigenvalue weighted by molar-refractivity contribution is 7.99. The zero-order valence-electron chi connectivity index (χ0n) is 13.1. The van der Waals surface area contributed by atoms with Gasteiger partial charge >= 0.3 is 0 Å². The van der Waals surface area contributed by atoms with Crippen molar-refractivity contribution in [2.75, 3.05) is 12.4 Å². The van der Waals surface area contributed by atoms with Crippen molar-refractivity contribution in [3.63, 3.8) is 0 Å². The first kappa shape index (κ1) is 15.9. The Balaban J connectivity index is 1.26. The fourth-order valence-electron chi connectivity index (χ4n) is 2.33. The molecule has 0 amide bonds. The molecule has 0 aliphatic carbocycles. The van der Waals surface area contributed by atoms with Gasteiger partial charge in [0.15, 0.2) is 5.16 Å². The smallest absolute Gasteiger partial charge is 0.213 e. The van der Waals surface area contributed by atoms with Gasteiger partial charge in [0.1, 0.15) is 0 Å². The molecule has 23 heavy (non-hydrogen) atoms. The summed E-state index contributed by atoms with van der Waals surface area (Å²) < 4.78 is 5.58. The predicted molar refractivity (Wildman–Crippen MR) is 95.0 cm³/mol. The number of benzene rings is 1. The van der Waals surface area contributed by atoms with Crippen molar-refractivity contribution in [3.05, 3.63) is 48.7 Å². The molecule has 0 radical (unpaired) electrons. The monoisotopic (exact) mass is 327 g/mol. The lowest BCUT2D eigenvalue weighted by atomic mass is 10.2. The summed E-state index contributed by atoms with van der Waals surface area (Å²) in [5.41, 5.74) is 2.16. The normalized spacial score (nSPS) is 11.0. The number of H-pyrrole nitrogens is 1. The Kier molecular flexibility index (Phi) is 5.92. The van der Waals surface area contributed by atoms with Crippen molar-refractivity contribution in [2.45, 2.75) is 30.8 Å². The molecule has 5 heteroatoms. The number of imidazole rings is 1. The van der Waals surface area contributed by atoms with Crippen molar-refractivity contribution < 1.29 is 4.74 Å². The van der Waals surface area contributed by atoms with E-state index in [1.54, 1.807) is 18.0 Å². The molecule has 4 nitrogen and oxygen atoms in total. The van der Waals surface area contributed by atoms with Gasteiger partial charge in [-0.15, -0.1) is 0 Å². The number of aromatic amines is 1. The van der Waals surface area contributed by atoms with Gasteiger partial charge in [-0.1, -0.05) is 42.8 Å². The van der Waals surface area contributed by atoms with Gasteiger partial charge < -0.3 is 9.72 Å². The van der Waals surface area contributed by atoms with Gasteiger partial charge in [0.25, 0.3) is 0 Å². The third-order valence-corrected chi connectivity index (χ3v) is 4.49. The average Bonchev–Trinajstić information content (AvgIpc) is 3.01. The summed E-state index contributed by atoms with van der Waals surface area (Å²) in [6.07, 6.45) is 6.44. The highest BCUT2D eigenvalue weighted by Gasteiger charge is 2.02. The van der Waals surface area contributed by atoms with Gasteiger partial charge in [0.2, 0.25) is 5.88 Å². The number of hydrogen-bond donors (Lipinski definition) is 1. The maximum Gasteiger partial charge on any atom is 0.213 e. The molecule has 0 aliphatic heterocycles. The minimum absolute atomic E-state index is 0.716. The van der Waals surface area contributed by atoms with E-state index in [1.807, 2.05) is 36.4 Å². The van der Waals surface area contributed by atoms with Crippen LogP contribution in [-0.4, -0.2) is 27.3 Å². The number of thioether (sulfide) groups is 1. The summed E-state index contributed by atoms with van der Waals surface area (Å²) in [6.45, 7) is 0.744. The fourth-order valence-corrected chi connectivity index (χ4v) is 3.22. The van der Waals surface area contributed by atoms with Crippen LogP contribution in [-0.2, 0) is 0 Å². The SMILES string of the molecule is c1ccc(OCCCCCCSc2nc3ccccc3[nH]2)nc1. The van der Waals surface area contributed by atoms with Gasteiger partial charge in [-0.25, -0.2) is 9.97 Å². The summed E-state index contributed by atoms with van der Waals surface area (Å²) >= 11 is 1.80. The van der Waals surface area contributed by atoms with Crippen molar-refractivity contribution >= 4 is 22.8 Å². The lowest BCUT2D eigenvalue weighted by Crippen LogP contribution is -1.98. The van der Waals surface area contributed by atoms with E-state index in [4.69, 9.17) is 4.74 Å². The molecule has 3 aromatic rings. The van der Waals surface area contributed by atoms with Gasteiger partial charge in [0.05, 0.1) is 17.6 Å². The first-order valence-corrected chi connectivity index (χ1v) is 9.02. The topological polar surface area (TPSA) is 50.8 Å². The molecule has 0 spiro atoms. The molecular weight excluding hydrogens is 306 g/mol. The Morgan fingerprint density at radius 2 is 1.83 bits per heavy atom. The molecule has 0 saturated carbocycles. The van der Waals surface area contributed by atoms with E-state index in [9.17, 15) is 0 Å². The molecule has 1 N–H and O–H groups in total. The van der Waals surface area contributed by atoms with Crippen LogP contribution in [0, 0.1) is 0 Å². The van der Waals surface area contributed by atoms with E-state index >= 15 is 0 Å². The fraction of sp³-hybridized carbons (Fsp3) is 0.333. The van der Waals surface area contributed by atoms with E-state index in [2.05, 4.69) is 21.0 Å². The number of ether oxygens (including phenoxy) is 1. The maximum absolute atomic E-state index is 5.58. The molecule has 0 atom stereocenters. The Bertz CT molecular complexity index is 681. The zero-order chi connectivity index (χ0) is 15.7. The number of fused-ring (bicyclic) bond motifs is 1. The molecule has 1 aromatic carbocycles. The van der Waals surface area contributed by atoms with Crippen LogP contribution in [0.1, 0.15) is 25.7 Å². The number of aromatic nitrogens is 3. The van der Waals surface area contributed by atoms with Crippen molar-refractivity contribution in [3.8, 4) is 5.88 Å². The molecule has 0 aliphatic rings. The summed E-state index contributed by atoms with van der Waals surface area (Å²) in [5, 5.41) is 1.02. The van der Waals surface area contributed by atoms with Crippen LogP contribution in [0.15, 0.2) is 53.8 Å². The van der Waals surface area contributed by atoms with Crippen LogP contribution in [0.25, 0.3) is 11.0 Å². The molecule has 0 saturated heterocycles. The number of nitrogens with zero attached hydrogens (tertiary/aromatic N) is 2. The minimum Gasteiger partial charge on any atom is -0.478 e. The van der Waals surface area contributed by atoms with Crippen molar-refractivity contribution in [2.24, 2.45) is 0 Å². The third kappa shape index (κ3) is 4.99. The highest BCUT2D eigenvalue weighted by Crippen LogP contribution is 2.20. The van der Waals surface area contributed by atoms with E-state index < -0.39 is 0 Å². The second kappa shape index (κ2) is 8.58. The summed E-state index contributed by atoms with van der Waals surface area (Å²) in [5.74, 6) is 1.81. The zero-order valence-corrected chi connectivity index (χ0v) is 13.9. The van der Waals surface area contributed by atoms with Crippen LogP contribution in [0.5, 0.6) is 5.88 Å². The van der Waals surface area contributed by atoms with Crippen molar-refractivity contribution in [1.82, 2.24) is 15.0 Å². The lowest BCUT2D eigenvalue weighted by Gasteiger charge is -2.04. The third-order valence-electron chi connectivity index (χ3n) is 3.53. The van der Waals surface area contributed by atoms with Gasteiger partial charge in [-0.3, -0.25) is 0 Å². The lowest BCUT2D eigenvalue weighted by molar-refractivity contribution is 0.294. The molecule has 3 rings (SSSR count). The quantitative estimate of drug-likeness (QED) is 0.457. The summed E-state index contributed by atoms with van der Waals surface area (Å²) in [7, 11) is 0. The average molecular weight is 327 g/mol. The Morgan fingerprint density at radius 1 is 0.957 bits per heavy atom. The van der Waals surface area contributed by atoms with E-state index in [1.165, 1.54) is 19.3 Å². The summed E-state index contributed by atoms with van der Waals surface area (Å²) in [6, 6.07) is 13.9. The number of nitrogens with one attached hydrogen (secondary N) is 1. The molecule has 2 aromatic heterocycles. The van der Waals surface area contributed by atoms with E-state index in [0.717, 1.165) is 35.0 Å². The van der Waals surface area contributed by atoms with Crippen LogP contribution in [0.2, 0.25) is 0 Å². The number of unbranched alkanes of at least 4 members (excludes halogenated alkanes) is 3. The van der Waals surface area contributed by atoms with Crippen LogP contribution < -0.4 is 4.74 Å². The number of hydrogen-bond acceptors (Lipinski definition) is 4. The molecule has 0 bridgehead atoms. The molecule has 0 unspecified atom stereocenters. The van der Waals surface area contributed by atoms with Gasteiger partial charge in [-0.05, 0) is 31.0 Å². The highest BCUT2D eigenvalue weighted by atomic mass is 32.2. The Morgan fingerprint density at radius 3 is 2.70 bits per heavy atom. The van der Waals surface area contributed by atoms with Crippen LogP contribution in [0.3, 0.4) is 0 Å². The Hall–Kier alpha value is -2.01. The van der Waals surface area contributed by atoms with Crippen LogP contribution in [0.4, 0.5) is 0 Å². The van der Waals surface area contributed by atoms with Gasteiger partial charge in [0, 0.05) is 18.0 Å². The first-order valence-electron chi connectivity index (χ1n) is 8.03. The second-order valence-corrected chi connectivity index (χ2v) is 6.42. The van der Waals surface area contributed by atoms with E-state index in [-0.39, 0.29) is 0 Å². The second-order valence-electron chi connectivity index (χ2n) is 5.34. The predicted octanol–water partition coefficient (Wildman–Crippen LogP) is 4.69. The number of para-hydroxylation sites is 2. The molecule has 120 valence electrons. The van der Waals surface area contributed by atoms with Gasteiger partial charge in [-0.2, -0.15) is 0 Å². The number of pyridine rings is 1. The maximum atomic E-state index is 5.58. The molecule has 2 heterocycles. The van der Waals surface area contributed by atoms with E-state index in [0.29, 0.717) is 5.88 Å². The Labute approximate surface area is 140 Å². The van der Waals surface area contributed by atoms with Crippen molar-refractivity contribution in [1.29, 1.82) is 0 Å². The largest absolute Gasteiger partial charge is 0.478 e. The first-order chi connectivity index (χ1) is 11.4. The molecular formula is C18H21N3OS. The number of rotatable bonds is 9. The summed E-state index contributed by atoms with van der Waals surface area (Å²) in [4.78, 5) is 12.1. The molecule has 0 fully saturated rings. The standard InChI is InChI=1S/C18H21N3OS/c1(7-13-22-17-11-5-6-12-19-17)2-8-14-23-18-20-15-9-3-4-10-16(15)21-18/h3-6,9-12H,1-2,7-8,13-14H2,(H,20,21). The minimum atomic E-state index is 0.716.